The topological polar surface area (TPSA) is 88.3 Å². The van der Waals surface area contributed by atoms with Crippen LogP contribution in [-0.2, 0) is 6.18 Å². The van der Waals surface area contributed by atoms with E-state index in [0.29, 0.717) is 25.1 Å². The normalized spacial score (nSPS) is 17.1. The van der Waals surface area contributed by atoms with E-state index in [2.05, 4.69) is 10.3 Å². The molecule has 1 fully saturated rings. The van der Waals surface area contributed by atoms with Gasteiger partial charge in [0.2, 0.25) is 0 Å². The molecule has 0 aromatic carbocycles. The number of anilines is 1. The van der Waals surface area contributed by atoms with Crippen molar-refractivity contribution in [3.05, 3.63) is 28.1 Å². The monoisotopic (exact) mass is 277 g/mol. The van der Waals surface area contributed by atoms with Crippen molar-refractivity contribution >= 4 is 11.4 Å². The molecule has 0 aliphatic heterocycles. The summed E-state index contributed by atoms with van der Waals surface area (Å²) in [7, 11) is 0. The maximum atomic E-state index is 12.5. The summed E-state index contributed by atoms with van der Waals surface area (Å²) in [5.74, 6) is 0. The number of pyridine rings is 1. The first-order chi connectivity index (χ1) is 8.77. The molecule has 1 heterocycles. The van der Waals surface area contributed by atoms with E-state index in [9.17, 15) is 23.3 Å². The van der Waals surface area contributed by atoms with Crippen LogP contribution in [0.5, 0.6) is 0 Å². The molecule has 0 saturated heterocycles. The molecule has 6 nitrogen and oxygen atoms in total. The van der Waals surface area contributed by atoms with Crippen LogP contribution in [0.15, 0.2) is 12.3 Å². The number of nitro groups is 1. The third kappa shape index (κ3) is 2.75. The van der Waals surface area contributed by atoms with Crippen LogP contribution in [0.25, 0.3) is 0 Å². The van der Waals surface area contributed by atoms with E-state index >= 15 is 0 Å². The van der Waals surface area contributed by atoms with Gasteiger partial charge in [0.15, 0.2) is 0 Å². The highest BCUT2D eigenvalue weighted by Gasteiger charge is 2.44. The lowest BCUT2D eigenvalue weighted by Gasteiger charge is -2.16. The number of nitrogens with zero attached hydrogens (tertiary/aromatic N) is 2. The number of halogens is 3. The fourth-order valence-electron chi connectivity index (χ4n) is 1.61. The van der Waals surface area contributed by atoms with Gasteiger partial charge in [-0.3, -0.25) is 10.1 Å². The van der Waals surface area contributed by atoms with E-state index < -0.39 is 28.0 Å². The fraction of sp³-hybridized carbons (Fsp3) is 0.500. The lowest BCUT2D eigenvalue weighted by Crippen LogP contribution is -2.26. The van der Waals surface area contributed by atoms with Crippen LogP contribution < -0.4 is 5.32 Å². The largest absolute Gasteiger partial charge is 0.433 e. The standard InChI is InChI=1S/C10H10F3N3O3/c11-10(12,13)8-3-6(7(4-14-8)16(18)19)15-9(5-17)1-2-9/h3-4,17H,1-2,5H2,(H,14,15). The molecule has 0 atom stereocenters. The molecule has 0 bridgehead atoms. The molecular formula is C10H10F3N3O3. The highest BCUT2D eigenvalue weighted by molar-refractivity contribution is 5.63. The number of hydrogen-bond donors (Lipinski definition) is 2. The predicted molar refractivity (Wildman–Crippen MR) is 58.6 cm³/mol. The minimum atomic E-state index is -4.68. The smallest absolute Gasteiger partial charge is 0.394 e. The molecule has 0 radical (unpaired) electrons. The van der Waals surface area contributed by atoms with Crippen LogP contribution in [0.2, 0.25) is 0 Å². The van der Waals surface area contributed by atoms with Gasteiger partial charge in [-0.05, 0) is 18.9 Å². The molecule has 9 heteroatoms. The first-order valence-corrected chi connectivity index (χ1v) is 5.38. The molecule has 1 aliphatic carbocycles. The Kier molecular flexibility index (Phi) is 3.09. The molecule has 0 spiro atoms. The zero-order valence-electron chi connectivity index (χ0n) is 9.57. The first-order valence-electron chi connectivity index (χ1n) is 5.38. The molecule has 2 rings (SSSR count). The van der Waals surface area contributed by atoms with Gasteiger partial charge in [-0.15, -0.1) is 0 Å². The van der Waals surface area contributed by atoms with Gasteiger partial charge in [0.25, 0.3) is 0 Å². The van der Waals surface area contributed by atoms with Gasteiger partial charge in [-0.2, -0.15) is 13.2 Å². The Labute approximate surface area is 105 Å². The van der Waals surface area contributed by atoms with Crippen LogP contribution in [-0.4, -0.2) is 27.2 Å². The summed E-state index contributed by atoms with van der Waals surface area (Å²) in [4.78, 5) is 13.0. The number of aromatic nitrogens is 1. The predicted octanol–water partition coefficient (Wildman–Crippen LogP) is 1.95. The average Bonchev–Trinajstić information content (AvgIpc) is 3.08. The van der Waals surface area contributed by atoms with E-state index in [0.717, 1.165) is 0 Å². The van der Waals surface area contributed by atoms with E-state index in [1.165, 1.54) is 0 Å². The van der Waals surface area contributed by atoms with E-state index in [-0.39, 0.29) is 12.3 Å². The van der Waals surface area contributed by atoms with Crippen molar-refractivity contribution < 1.29 is 23.2 Å². The van der Waals surface area contributed by atoms with Gasteiger partial charge in [-0.1, -0.05) is 0 Å². The summed E-state index contributed by atoms with van der Waals surface area (Å²) < 4.78 is 37.6. The van der Waals surface area contributed by atoms with Crippen LogP contribution >= 0.6 is 0 Å². The quantitative estimate of drug-likeness (QED) is 0.648. The molecule has 0 amide bonds. The maximum Gasteiger partial charge on any atom is 0.433 e. The molecule has 1 saturated carbocycles. The molecular weight excluding hydrogens is 267 g/mol. The Bertz CT molecular complexity index is 514. The third-order valence-corrected chi connectivity index (χ3v) is 2.93. The Morgan fingerprint density at radius 2 is 2.16 bits per heavy atom. The lowest BCUT2D eigenvalue weighted by atomic mass is 10.2. The van der Waals surface area contributed by atoms with Crippen LogP contribution in [0.4, 0.5) is 24.5 Å². The Morgan fingerprint density at radius 3 is 2.58 bits per heavy atom. The summed E-state index contributed by atoms with van der Waals surface area (Å²) in [6.07, 6.45) is -3.02. The molecule has 1 aromatic rings. The minimum Gasteiger partial charge on any atom is -0.394 e. The van der Waals surface area contributed by atoms with Crippen molar-refractivity contribution in [2.45, 2.75) is 24.6 Å². The van der Waals surface area contributed by atoms with Crippen LogP contribution in [0, 0.1) is 10.1 Å². The summed E-state index contributed by atoms with van der Waals surface area (Å²) >= 11 is 0. The highest BCUT2D eigenvalue weighted by Crippen LogP contribution is 2.41. The van der Waals surface area contributed by atoms with Crippen LogP contribution in [0.3, 0.4) is 0 Å². The Morgan fingerprint density at radius 1 is 1.53 bits per heavy atom. The number of nitrogens with one attached hydrogen (secondary N) is 1. The summed E-state index contributed by atoms with van der Waals surface area (Å²) in [6, 6.07) is 0.591. The second kappa shape index (κ2) is 4.34. The number of hydrogen-bond acceptors (Lipinski definition) is 5. The molecule has 19 heavy (non-hydrogen) atoms. The van der Waals surface area contributed by atoms with E-state index in [1.54, 1.807) is 0 Å². The zero-order chi connectivity index (χ0) is 14.3. The molecule has 104 valence electrons. The van der Waals surface area contributed by atoms with Gasteiger partial charge in [0, 0.05) is 0 Å². The Hall–Kier alpha value is -1.90. The van der Waals surface area contributed by atoms with Crippen molar-refractivity contribution in [3.63, 3.8) is 0 Å². The maximum absolute atomic E-state index is 12.5. The molecule has 1 aromatic heterocycles. The molecule has 1 aliphatic rings. The molecule has 0 unspecified atom stereocenters. The molecule has 2 N–H and O–H groups in total. The van der Waals surface area contributed by atoms with Crippen LogP contribution in [0.1, 0.15) is 18.5 Å². The van der Waals surface area contributed by atoms with E-state index in [4.69, 9.17) is 5.11 Å². The first kappa shape index (κ1) is 13.5. The number of aliphatic hydroxyl groups is 1. The zero-order valence-corrected chi connectivity index (χ0v) is 9.57. The van der Waals surface area contributed by atoms with Crippen molar-refractivity contribution in [3.8, 4) is 0 Å². The number of rotatable bonds is 4. The average molecular weight is 277 g/mol. The van der Waals surface area contributed by atoms with Crippen molar-refractivity contribution in [1.82, 2.24) is 4.98 Å². The van der Waals surface area contributed by atoms with Gasteiger partial charge >= 0.3 is 11.9 Å². The number of alkyl halides is 3. The SMILES string of the molecule is O=[N+]([O-])c1cnc(C(F)(F)F)cc1NC1(CO)CC1. The van der Waals surface area contributed by atoms with E-state index in [1.807, 2.05) is 0 Å². The third-order valence-electron chi connectivity index (χ3n) is 2.93. The second-order valence-electron chi connectivity index (χ2n) is 4.41. The van der Waals surface area contributed by atoms with Gasteiger partial charge in [-0.25, -0.2) is 4.98 Å². The number of aliphatic hydroxyl groups excluding tert-OH is 1. The second-order valence-corrected chi connectivity index (χ2v) is 4.41. The summed E-state index contributed by atoms with van der Waals surface area (Å²) in [5, 5.41) is 22.5. The summed E-state index contributed by atoms with van der Waals surface area (Å²) in [6.45, 7) is -0.298. The Balaban J connectivity index is 2.39. The van der Waals surface area contributed by atoms with Crippen molar-refractivity contribution in [1.29, 1.82) is 0 Å². The van der Waals surface area contributed by atoms with Gasteiger partial charge in [0.05, 0.1) is 17.1 Å². The van der Waals surface area contributed by atoms with Gasteiger partial charge < -0.3 is 10.4 Å². The van der Waals surface area contributed by atoms with Crippen molar-refractivity contribution in [2.24, 2.45) is 0 Å². The fourth-order valence-corrected chi connectivity index (χ4v) is 1.61. The lowest BCUT2D eigenvalue weighted by molar-refractivity contribution is -0.384. The van der Waals surface area contributed by atoms with Gasteiger partial charge in [0.1, 0.15) is 17.6 Å². The highest BCUT2D eigenvalue weighted by atomic mass is 19.4. The van der Waals surface area contributed by atoms with Crippen molar-refractivity contribution in [2.75, 3.05) is 11.9 Å². The summed E-state index contributed by atoms with van der Waals surface area (Å²) in [5.41, 5.74) is -2.80. The minimum absolute atomic E-state index is 0.279.